The zero-order valence-electron chi connectivity index (χ0n) is 11.9. The van der Waals surface area contributed by atoms with E-state index in [0.717, 1.165) is 31.2 Å². The number of rotatable bonds is 7. The van der Waals surface area contributed by atoms with Gasteiger partial charge in [-0.15, -0.1) is 0 Å². The van der Waals surface area contributed by atoms with Crippen LogP contribution < -0.4 is 10.2 Å². The first-order valence-electron chi connectivity index (χ1n) is 7.10. The van der Waals surface area contributed by atoms with Crippen LogP contribution in [-0.4, -0.2) is 43.3 Å². The van der Waals surface area contributed by atoms with Crippen LogP contribution in [0.25, 0.3) is 0 Å². The molecule has 106 valence electrons. The van der Waals surface area contributed by atoms with Gasteiger partial charge in [-0.2, -0.15) is 0 Å². The van der Waals surface area contributed by atoms with Crippen molar-refractivity contribution in [3.8, 4) is 0 Å². The fourth-order valence-electron chi connectivity index (χ4n) is 2.25. The lowest BCUT2D eigenvalue weighted by Gasteiger charge is -2.13. The zero-order chi connectivity index (χ0) is 13.5. The maximum absolute atomic E-state index is 5.82. The molecule has 0 unspecified atom stereocenters. The topological polar surface area (TPSA) is 50.3 Å². The molecule has 1 fully saturated rings. The molecule has 19 heavy (non-hydrogen) atoms. The minimum absolute atomic E-state index is 0.511. The van der Waals surface area contributed by atoms with E-state index in [1.165, 1.54) is 25.7 Å². The molecule has 5 heteroatoms. The second kappa shape index (κ2) is 7.28. The molecule has 1 aromatic heterocycles. The number of ether oxygens (including phenoxy) is 1. The Morgan fingerprint density at radius 3 is 2.84 bits per heavy atom. The molecule has 0 saturated heterocycles. The summed E-state index contributed by atoms with van der Waals surface area (Å²) >= 11 is 0. The summed E-state index contributed by atoms with van der Waals surface area (Å²) in [4.78, 5) is 10.6. The molecular formula is C14H24N4O. The fraction of sp³-hybridized carbons (Fsp3) is 0.714. The first kappa shape index (κ1) is 14.1. The first-order valence-corrected chi connectivity index (χ1v) is 7.10. The Morgan fingerprint density at radius 1 is 1.32 bits per heavy atom. The van der Waals surface area contributed by atoms with Gasteiger partial charge >= 0.3 is 0 Å². The van der Waals surface area contributed by atoms with Crippen LogP contribution in [0.3, 0.4) is 0 Å². The predicted octanol–water partition coefficient (Wildman–Crippen LogP) is 2.30. The highest BCUT2D eigenvalue weighted by Crippen LogP contribution is 2.20. The van der Waals surface area contributed by atoms with E-state index in [1.807, 2.05) is 19.0 Å². The second-order valence-corrected chi connectivity index (χ2v) is 5.21. The molecule has 1 N–H and O–H groups in total. The Hall–Kier alpha value is -1.36. The standard InChI is InChI=1S/C14H24N4O/c1-18(2)14-11-15-10-13(17-14)16-8-5-9-19-12-6-3-4-7-12/h10-12H,3-9H2,1-2H3,(H,16,17). The van der Waals surface area contributed by atoms with E-state index in [4.69, 9.17) is 4.74 Å². The van der Waals surface area contributed by atoms with Gasteiger partial charge < -0.3 is 15.0 Å². The van der Waals surface area contributed by atoms with Crippen molar-refractivity contribution in [1.82, 2.24) is 9.97 Å². The van der Waals surface area contributed by atoms with Crippen molar-refractivity contribution >= 4 is 11.6 Å². The molecule has 1 aliphatic carbocycles. The lowest BCUT2D eigenvalue weighted by atomic mass is 10.3. The van der Waals surface area contributed by atoms with Gasteiger partial charge in [0.25, 0.3) is 0 Å². The predicted molar refractivity (Wildman–Crippen MR) is 77.7 cm³/mol. The second-order valence-electron chi connectivity index (χ2n) is 5.21. The molecule has 1 saturated carbocycles. The summed E-state index contributed by atoms with van der Waals surface area (Å²) in [6.07, 6.45) is 10.2. The van der Waals surface area contributed by atoms with Crippen molar-refractivity contribution in [2.45, 2.75) is 38.2 Å². The highest BCUT2D eigenvalue weighted by molar-refractivity contribution is 5.42. The van der Waals surface area contributed by atoms with E-state index in [2.05, 4.69) is 15.3 Å². The Labute approximate surface area is 115 Å². The van der Waals surface area contributed by atoms with Crippen LogP contribution >= 0.6 is 0 Å². The van der Waals surface area contributed by atoms with Gasteiger partial charge in [0.15, 0.2) is 0 Å². The first-order chi connectivity index (χ1) is 9.25. The molecule has 5 nitrogen and oxygen atoms in total. The summed E-state index contributed by atoms with van der Waals surface area (Å²) in [5.41, 5.74) is 0. The molecule has 0 spiro atoms. The summed E-state index contributed by atoms with van der Waals surface area (Å²) in [5.74, 6) is 1.69. The van der Waals surface area contributed by atoms with Crippen LogP contribution in [0.5, 0.6) is 0 Å². The quantitative estimate of drug-likeness (QED) is 0.766. The average molecular weight is 264 g/mol. The molecule has 1 aliphatic rings. The van der Waals surface area contributed by atoms with E-state index in [-0.39, 0.29) is 0 Å². The molecule has 0 radical (unpaired) electrons. The molecule has 0 amide bonds. The number of aromatic nitrogens is 2. The minimum atomic E-state index is 0.511. The largest absolute Gasteiger partial charge is 0.378 e. The lowest BCUT2D eigenvalue weighted by Crippen LogP contribution is -2.14. The lowest BCUT2D eigenvalue weighted by molar-refractivity contribution is 0.0583. The molecule has 0 aromatic carbocycles. The summed E-state index contributed by atoms with van der Waals surface area (Å²) in [6, 6.07) is 0. The molecular weight excluding hydrogens is 240 g/mol. The van der Waals surface area contributed by atoms with Gasteiger partial charge in [0.05, 0.1) is 18.5 Å². The maximum atomic E-state index is 5.82. The van der Waals surface area contributed by atoms with E-state index < -0.39 is 0 Å². The summed E-state index contributed by atoms with van der Waals surface area (Å²) < 4.78 is 5.82. The van der Waals surface area contributed by atoms with Crippen molar-refractivity contribution in [2.24, 2.45) is 0 Å². The zero-order valence-corrected chi connectivity index (χ0v) is 11.9. The highest BCUT2D eigenvalue weighted by atomic mass is 16.5. The number of nitrogens with one attached hydrogen (secondary N) is 1. The van der Waals surface area contributed by atoms with Crippen LogP contribution in [0.4, 0.5) is 11.6 Å². The van der Waals surface area contributed by atoms with Crippen LogP contribution in [0.2, 0.25) is 0 Å². The Morgan fingerprint density at radius 2 is 2.11 bits per heavy atom. The van der Waals surface area contributed by atoms with E-state index >= 15 is 0 Å². The van der Waals surface area contributed by atoms with Crippen LogP contribution in [0.1, 0.15) is 32.1 Å². The molecule has 1 heterocycles. The third-order valence-electron chi connectivity index (χ3n) is 3.36. The number of anilines is 2. The van der Waals surface area contributed by atoms with Gasteiger partial charge in [-0.1, -0.05) is 12.8 Å². The Kier molecular flexibility index (Phi) is 5.39. The van der Waals surface area contributed by atoms with Gasteiger partial charge in [-0.3, -0.25) is 4.98 Å². The smallest absolute Gasteiger partial charge is 0.149 e. The number of hydrogen-bond donors (Lipinski definition) is 1. The Bertz CT molecular complexity index is 377. The molecule has 0 aliphatic heterocycles. The SMILES string of the molecule is CN(C)c1cncc(NCCCOC2CCCC2)n1. The van der Waals surface area contributed by atoms with E-state index in [0.29, 0.717) is 6.10 Å². The van der Waals surface area contributed by atoms with Crippen molar-refractivity contribution in [1.29, 1.82) is 0 Å². The summed E-state index contributed by atoms with van der Waals surface area (Å²) in [6.45, 7) is 1.71. The van der Waals surface area contributed by atoms with Gasteiger partial charge in [-0.05, 0) is 19.3 Å². The molecule has 0 atom stereocenters. The molecule has 0 bridgehead atoms. The maximum Gasteiger partial charge on any atom is 0.149 e. The van der Waals surface area contributed by atoms with Crippen molar-refractivity contribution in [3.63, 3.8) is 0 Å². The van der Waals surface area contributed by atoms with E-state index in [9.17, 15) is 0 Å². The van der Waals surface area contributed by atoms with Gasteiger partial charge in [0.1, 0.15) is 11.6 Å². The van der Waals surface area contributed by atoms with Gasteiger partial charge in [0, 0.05) is 27.2 Å². The fourth-order valence-corrected chi connectivity index (χ4v) is 2.25. The summed E-state index contributed by atoms with van der Waals surface area (Å²) in [5, 5.41) is 3.29. The third-order valence-corrected chi connectivity index (χ3v) is 3.36. The van der Waals surface area contributed by atoms with Gasteiger partial charge in [0.2, 0.25) is 0 Å². The van der Waals surface area contributed by atoms with Crippen LogP contribution in [0, 0.1) is 0 Å². The Balaban J connectivity index is 1.63. The number of nitrogens with zero attached hydrogens (tertiary/aromatic N) is 3. The number of hydrogen-bond acceptors (Lipinski definition) is 5. The van der Waals surface area contributed by atoms with E-state index in [1.54, 1.807) is 12.4 Å². The van der Waals surface area contributed by atoms with Crippen LogP contribution in [-0.2, 0) is 4.74 Å². The van der Waals surface area contributed by atoms with Crippen molar-refractivity contribution in [3.05, 3.63) is 12.4 Å². The third kappa shape index (κ3) is 4.67. The van der Waals surface area contributed by atoms with Crippen LogP contribution in [0.15, 0.2) is 12.4 Å². The minimum Gasteiger partial charge on any atom is -0.378 e. The molecule has 1 aromatic rings. The van der Waals surface area contributed by atoms with Crippen molar-refractivity contribution in [2.75, 3.05) is 37.5 Å². The highest BCUT2D eigenvalue weighted by Gasteiger charge is 2.14. The monoisotopic (exact) mass is 264 g/mol. The average Bonchev–Trinajstić information content (AvgIpc) is 2.92. The normalized spacial score (nSPS) is 15.7. The van der Waals surface area contributed by atoms with Gasteiger partial charge in [-0.25, -0.2) is 4.98 Å². The molecule has 2 rings (SSSR count). The summed E-state index contributed by atoms with van der Waals surface area (Å²) in [7, 11) is 3.92. The van der Waals surface area contributed by atoms with Crippen molar-refractivity contribution < 1.29 is 4.74 Å².